The van der Waals surface area contributed by atoms with Crippen molar-refractivity contribution in [3.05, 3.63) is 82.9 Å². The predicted molar refractivity (Wildman–Crippen MR) is 94.8 cm³/mol. The molecule has 3 aromatic rings. The molecule has 0 fully saturated rings. The van der Waals surface area contributed by atoms with Crippen LogP contribution in [0, 0.1) is 24.4 Å². The van der Waals surface area contributed by atoms with Crippen LogP contribution in [0.3, 0.4) is 0 Å². The fraction of sp³-hybridized carbons (Fsp3) is 0.100. The highest BCUT2D eigenvalue weighted by atomic mass is 19.4. The van der Waals surface area contributed by atoms with Crippen LogP contribution in [0.25, 0.3) is 0 Å². The van der Waals surface area contributed by atoms with E-state index in [2.05, 4.69) is 10.3 Å². The fourth-order valence-electron chi connectivity index (χ4n) is 2.49. The normalized spacial score (nSPS) is 11.3. The lowest BCUT2D eigenvalue weighted by atomic mass is 10.1. The maximum absolute atomic E-state index is 13.7. The summed E-state index contributed by atoms with van der Waals surface area (Å²) in [6, 6.07) is 7.23. The molecular formula is C20H12F6N2O2. The Kier molecular flexibility index (Phi) is 5.68. The molecule has 1 N–H and O–H groups in total. The number of ether oxygens (including phenoxy) is 1. The number of halogens is 6. The molecule has 0 spiro atoms. The van der Waals surface area contributed by atoms with E-state index in [9.17, 15) is 31.1 Å². The van der Waals surface area contributed by atoms with Gasteiger partial charge in [-0.2, -0.15) is 13.2 Å². The molecule has 0 aliphatic rings. The average Bonchev–Trinajstić information content (AvgIpc) is 2.66. The lowest BCUT2D eigenvalue weighted by Crippen LogP contribution is -2.16. The molecule has 0 unspecified atom stereocenters. The monoisotopic (exact) mass is 426 g/mol. The summed E-state index contributed by atoms with van der Waals surface area (Å²) in [5, 5.41) is 2.17. The van der Waals surface area contributed by atoms with Crippen molar-refractivity contribution in [1.29, 1.82) is 0 Å². The summed E-state index contributed by atoms with van der Waals surface area (Å²) >= 11 is 0. The number of nitrogens with zero attached hydrogens (tertiary/aromatic N) is 1. The minimum absolute atomic E-state index is 0.00668. The third-order valence-corrected chi connectivity index (χ3v) is 3.92. The second-order valence-corrected chi connectivity index (χ2v) is 6.12. The van der Waals surface area contributed by atoms with Crippen molar-refractivity contribution < 1.29 is 35.9 Å². The summed E-state index contributed by atoms with van der Waals surface area (Å²) in [6.07, 6.45) is -4.02. The first-order valence-electron chi connectivity index (χ1n) is 8.33. The number of amides is 1. The highest BCUT2D eigenvalue weighted by molar-refractivity contribution is 6.04. The zero-order valence-corrected chi connectivity index (χ0v) is 15.2. The second-order valence-electron chi connectivity index (χ2n) is 6.12. The van der Waals surface area contributed by atoms with Crippen LogP contribution in [0.15, 0.2) is 48.7 Å². The molecule has 156 valence electrons. The van der Waals surface area contributed by atoms with Crippen LogP contribution in [0.4, 0.5) is 32.0 Å². The van der Waals surface area contributed by atoms with E-state index in [1.807, 2.05) is 0 Å². The van der Waals surface area contributed by atoms with Crippen LogP contribution < -0.4 is 10.1 Å². The molecule has 0 aliphatic heterocycles. The van der Waals surface area contributed by atoms with Gasteiger partial charge in [-0.1, -0.05) is 0 Å². The van der Waals surface area contributed by atoms with Crippen LogP contribution in [-0.2, 0) is 6.18 Å². The number of benzene rings is 2. The summed E-state index contributed by atoms with van der Waals surface area (Å²) in [7, 11) is 0. The van der Waals surface area contributed by atoms with Gasteiger partial charge in [0.05, 0.1) is 0 Å². The SMILES string of the molecule is Cc1cc(Oc2ccc(NC(=O)c3c(F)ccc(F)c3F)cc2)c(C(F)(F)F)cn1. The van der Waals surface area contributed by atoms with Gasteiger partial charge in [-0.25, -0.2) is 13.2 Å². The summed E-state index contributed by atoms with van der Waals surface area (Å²) in [6.45, 7) is 1.50. The molecule has 2 aromatic carbocycles. The standard InChI is InChI=1S/C20H12F6N2O2/c1-10-8-16(13(9-27-10)20(24,25)26)30-12-4-2-11(3-5-12)28-19(29)17-14(21)6-7-15(22)18(17)23/h2-9H,1H3,(H,28,29). The lowest BCUT2D eigenvalue weighted by Gasteiger charge is -2.14. The predicted octanol–water partition coefficient (Wildman–Crippen LogP) is 5.87. The van der Waals surface area contributed by atoms with Crippen LogP contribution in [-0.4, -0.2) is 10.9 Å². The van der Waals surface area contributed by atoms with Gasteiger partial charge < -0.3 is 10.1 Å². The Hall–Kier alpha value is -3.56. The first-order chi connectivity index (χ1) is 14.1. The van der Waals surface area contributed by atoms with Crippen molar-refractivity contribution in [2.75, 3.05) is 5.32 Å². The van der Waals surface area contributed by atoms with E-state index in [0.29, 0.717) is 24.0 Å². The maximum atomic E-state index is 13.7. The number of carbonyl (C=O) groups excluding carboxylic acids is 1. The van der Waals surface area contributed by atoms with Crippen molar-refractivity contribution >= 4 is 11.6 Å². The van der Waals surface area contributed by atoms with Crippen LogP contribution in [0.5, 0.6) is 11.5 Å². The minimum Gasteiger partial charge on any atom is -0.457 e. The van der Waals surface area contributed by atoms with E-state index in [4.69, 9.17) is 4.74 Å². The number of nitrogens with one attached hydrogen (secondary N) is 1. The molecule has 0 saturated heterocycles. The van der Waals surface area contributed by atoms with Crippen molar-refractivity contribution in [2.45, 2.75) is 13.1 Å². The molecule has 1 heterocycles. The number of aryl methyl sites for hydroxylation is 1. The molecule has 0 atom stereocenters. The number of carbonyl (C=O) groups is 1. The maximum Gasteiger partial charge on any atom is 0.421 e. The summed E-state index contributed by atoms with van der Waals surface area (Å²) in [5.74, 6) is -5.97. The largest absolute Gasteiger partial charge is 0.457 e. The number of aromatic nitrogens is 1. The van der Waals surface area contributed by atoms with Gasteiger partial charge in [0.1, 0.15) is 28.4 Å². The molecule has 30 heavy (non-hydrogen) atoms. The average molecular weight is 426 g/mol. The number of hydrogen-bond acceptors (Lipinski definition) is 3. The minimum atomic E-state index is -4.68. The summed E-state index contributed by atoms with van der Waals surface area (Å²) in [4.78, 5) is 15.7. The van der Waals surface area contributed by atoms with Gasteiger partial charge in [0.25, 0.3) is 5.91 Å². The fourth-order valence-corrected chi connectivity index (χ4v) is 2.49. The molecule has 1 amide bonds. The topological polar surface area (TPSA) is 51.2 Å². The van der Waals surface area contributed by atoms with E-state index in [1.54, 1.807) is 0 Å². The molecular weight excluding hydrogens is 414 g/mol. The van der Waals surface area contributed by atoms with Crippen molar-refractivity contribution in [3.8, 4) is 11.5 Å². The van der Waals surface area contributed by atoms with E-state index >= 15 is 0 Å². The molecule has 0 bridgehead atoms. The van der Waals surface area contributed by atoms with Crippen molar-refractivity contribution in [3.63, 3.8) is 0 Å². The van der Waals surface area contributed by atoms with E-state index < -0.39 is 46.4 Å². The Labute approximate surface area is 166 Å². The van der Waals surface area contributed by atoms with Gasteiger partial charge in [0.15, 0.2) is 11.6 Å². The third-order valence-electron chi connectivity index (χ3n) is 3.92. The smallest absolute Gasteiger partial charge is 0.421 e. The molecule has 10 heteroatoms. The summed E-state index contributed by atoms with van der Waals surface area (Å²) in [5.41, 5.74) is -1.81. The van der Waals surface area contributed by atoms with E-state index in [1.165, 1.54) is 31.2 Å². The molecule has 1 aromatic heterocycles. The zero-order valence-electron chi connectivity index (χ0n) is 15.2. The molecule has 0 aliphatic carbocycles. The first kappa shape index (κ1) is 21.2. The van der Waals surface area contributed by atoms with E-state index in [-0.39, 0.29) is 11.4 Å². The van der Waals surface area contributed by atoms with Gasteiger partial charge >= 0.3 is 6.18 Å². The summed E-state index contributed by atoms with van der Waals surface area (Å²) < 4.78 is 85.2. The number of pyridine rings is 1. The number of hydrogen-bond donors (Lipinski definition) is 1. The first-order valence-corrected chi connectivity index (χ1v) is 8.33. The Balaban J connectivity index is 1.79. The van der Waals surface area contributed by atoms with E-state index in [0.717, 1.165) is 6.07 Å². The molecule has 0 radical (unpaired) electrons. The zero-order chi connectivity index (χ0) is 22.1. The third kappa shape index (κ3) is 4.53. The Bertz CT molecular complexity index is 1100. The number of anilines is 1. The molecule has 3 rings (SSSR count). The molecule has 4 nitrogen and oxygen atoms in total. The highest BCUT2D eigenvalue weighted by Gasteiger charge is 2.35. The van der Waals surface area contributed by atoms with Crippen LogP contribution >= 0.6 is 0 Å². The Morgan fingerprint density at radius 3 is 2.27 bits per heavy atom. The van der Waals surface area contributed by atoms with Crippen LogP contribution in [0.2, 0.25) is 0 Å². The Morgan fingerprint density at radius 2 is 1.63 bits per heavy atom. The number of alkyl halides is 3. The number of rotatable bonds is 4. The molecule has 0 saturated carbocycles. The van der Waals surface area contributed by atoms with Gasteiger partial charge in [-0.05, 0) is 43.3 Å². The van der Waals surface area contributed by atoms with Crippen LogP contribution in [0.1, 0.15) is 21.6 Å². The van der Waals surface area contributed by atoms with Crippen molar-refractivity contribution in [2.24, 2.45) is 0 Å². The van der Waals surface area contributed by atoms with Gasteiger partial charge in [-0.15, -0.1) is 0 Å². The van der Waals surface area contributed by atoms with Gasteiger partial charge in [0.2, 0.25) is 0 Å². The van der Waals surface area contributed by atoms with Crippen molar-refractivity contribution in [1.82, 2.24) is 4.98 Å². The van der Waals surface area contributed by atoms with Gasteiger partial charge in [0, 0.05) is 23.6 Å². The quantitative estimate of drug-likeness (QED) is 0.419. The lowest BCUT2D eigenvalue weighted by molar-refractivity contribution is -0.138. The highest BCUT2D eigenvalue weighted by Crippen LogP contribution is 2.38. The Morgan fingerprint density at radius 1 is 1.00 bits per heavy atom. The second kappa shape index (κ2) is 8.05. The van der Waals surface area contributed by atoms with Gasteiger partial charge in [-0.3, -0.25) is 9.78 Å².